The topological polar surface area (TPSA) is 61.9 Å². The van der Waals surface area contributed by atoms with E-state index >= 15 is 0 Å². The summed E-state index contributed by atoms with van der Waals surface area (Å²) in [4.78, 5) is 27.5. The molecule has 2 amide bonds. The molecule has 1 atom stereocenters. The molecular weight excluding hydrogens is 234 g/mol. The third-order valence-corrected chi connectivity index (χ3v) is 3.09. The van der Waals surface area contributed by atoms with Gasteiger partial charge in [0.2, 0.25) is 5.91 Å². The van der Waals surface area contributed by atoms with Crippen LogP contribution >= 0.6 is 0 Å². The van der Waals surface area contributed by atoms with E-state index in [-0.39, 0.29) is 5.91 Å². The number of nitrogens with one attached hydrogen (secondary N) is 1. The molecule has 0 aromatic carbocycles. The van der Waals surface area contributed by atoms with E-state index in [4.69, 9.17) is 4.74 Å². The summed E-state index contributed by atoms with van der Waals surface area (Å²) < 4.78 is 4.80. The maximum Gasteiger partial charge on any atom is 0.407 e. The van der Waals surface area contributed by atoms with Gasteiger partial charge in [-0.2, -0.15) is 0 Å². The molecule has 1 saturated heterocycles. The summed E-state index contributed by atoms with van der Waals surface area (Å²) in [5.41, 5.74) is 0. The van der Waals surface area contributed by atoms with Gasteiger partial charge >= 0.3 is 6.09 Å². The second-order valence-corrected chi connectivity index (χ2v) is 4.45. The Morgan fingerprint density at radius 1 is 1.22 bits per heavy atom. The molecule has 6 heteroatoms. The number of piperazine rings is 1. The van der Waals surface area contributed by atoms with E-state index in [2.05, 4.69) is 10.2 Å². The molecule has 0 spiro atoms. The highest BCUT2D eigenvalue weighted by Crippen LogP contribution is 2.04. The summed E-state index contributed by atoms with van der Waals surface area (Å²) in [6.07, 6.45) is 0.0519. The Morgan fingerprint density at radius 3 is 2.33 bits per heavy atom. The molecule has 0 aliphatic carbocycles. The van der Waals surface area contributed by atoms with Gasteiger partial charge < -0.3 is 19.9 Å². The summed E-state index contributed by atoms with van der Waals surface area (Å²) in [6.45, 7) is 7.12. The Morgan fingerprint density at radius 2 is 1.83 bits per heavy atom. The van der Waals surface area contributed by atoms with Gasteiger partial charge in [-0.15, -0.1) is 0 Å². The van der Waals surface area contributed by atoms with Gasteiger partial charge in [0, 0.05) is 26.2 Å². The quantitative estimate of drug-likeness (QED) is 0.786. The molecule has 0 aromatic heterocycles. The number of likely N-dealkylation sites (N-methyl/N-ethyl adjacent to an activating group) is 1. The van der Waals surface area contributed by atoms with Gasteiger partial charge in [0.1, 0.15) is 6.04 Å². The lowest BCUT2D eigenvalue weighted by atomic mass is 10.2. The Labute approximate surface area is 108 Å². The zero-order valence-corrected chi connectivity index (χ0v) is 11.4. The van der Waals surface area contributed by atoms with Gasteiger partial charge in [0.25, 0.3) is 0 Å². The number of hydrogen-bond donors (Lipinski definition) is 1. The third kappa shape index (κ3) is 4.18. The average molecular weight is 257 g/mol. The van der Waals surface area contributed by atoms with Gasteiger partial charge in [-0.05, 0) is 20.4 Å². The normalized spacial score (nSPS) is 18.3. The maximum absolute atomic E-state index is 12.2. The Hall–Kier alpha value is -1.30. The van der Waals surface area contributed by atoms with E-state index in [0.717, 1.165) is 26.2 Å². The van der Waals surface area contributed by atoms with Gasteiger partial charge in [-0.25, -0.2) is 4.79 Å². The number of ether oxygens (including phenoxy) is 1. The summed E-state index contributed by atoms with van der Waals surface area (Å²) in [7, 11) is 2.04. The molecule has 1 N–H and O–H groups in total. The van der Waals surface area contributed by atoms with Crippen molar-refractivity contribution in [3.05, 3.63) is 0 Å². The molecule has 104 valence electrons. The van der Waals surface area contributed by atoms with Crippen molar-refractivity contribution in [3.63, 3.8) is 0 Å². The Bertz CT molecular complexity index is 288. The predicted molar refractivity (Wildman–Crippen MR) is 68.3 cm³/mol. The van der Waals surface area contributed by atoms with Crippen molar-refractivity contribution in [2.75, 3.05) is 39.8 Å². The van der Waals surface area contributed by atoms with E-state index in [1.165, 1.54) is 0 Å². The lowest BCUT2D eigenvalue weighted by Crippen LogP contribution is -2.54. The minimum absolute atomic E-state index is 0.0151. The van der Waals surface area contributed by atoms with Crippen LogP contribution in [0.5, 0.6) is 0 Å². The number of hydrogen-bond acceptors (Lipinski definition) is 4. The number of rotatable bonds is 4. The summed E-state index contributed by atoms with van der Waals surface area (Å²) in [6, 6.07) is -0.479. The van der Waals surface area contributed by atoms with Crippen LogP contribution in [0.1, 0.15) is 20.3 Å². The highest BCUT2D eigenvalue weighted by Gasteiger charge is 2.26. The van der Waals surface area contributed by atoms with Crippen molar-refractivity contribution >= 4 is 12.0 Å². The van der Waals surface area contributed by atoms with Crippen LogP contribution in [0.15, 0.2) is 0 Å². The highest BCUT2D eigenvalue weighted by atomic mass is 16.5. The standard InChI is InChI=1S/C12H23N3O3/c1-4-10(13-12(17)18-5-2)11(16)15-8-6-14(3)7-9-15/h10H,4-9H2,1-3H3,(H,13,17)/t10-/m0/s1. The molecule has 1 heterocycles. The van der Waals surface area contributed by atoms with E-state index < -0.39 is 12.1 Å². The number of amides is 2. The summed E-state index contributed by atoms with van der Waals surface area (Å²) >= 11 is 0. The summed E-state index contributed by atoms with van der Waals surface area (Å²) in [5.74, 6) is -0.0151. The average Bonchev–Trinajstić information content (AvgIpc) is 2.36. The SMILES string of the molecule is CCOC(=O)N[C@@H](CC)C(=O)N1CCN(C)CC1. The van der Waals surface area contributed by atoms with E-state index in [0.29, 0.717) is 13.0 Å². The smallest absolute Gasteiger partial charge is 0.407 e. The van der Waals surface area contributed by atoms with Crippen LogP contribution < -0.4 is 5.32 Å². The van der Waals surface area contributed by atoms with E-state index in [1.54, 1.807) is 11.8 Å². The molecule has 0 radical (unpaired) electrons. The van der Waals surface area contributed by atoms with Crippen LogP contribution in [0, 0.1) is 0 Å². The zero-order chi connectivity index (χ0) is 13.5. The van der Waals surface area contributed by atoms with Crippen LogP contribution in [-0.4, -0.2) is 67.7 Å². The van der Waals surface area contributed by atoms with Crippen LogP contribution in [-0.2, 0) is 9.53 Å². The summed E-state index contributed by atoms with van der Waals surface area (Å²) in [5, 5.41) is 2.61. The second kappa shape index (κ2) is 7.20. The van der Waals surface area contributed by atoms with Crippen LogP contribution in [0.25, 0.3) is 0 Å². The van der Waals surface area contributed by atoms with Crippen LogP contribution in [0.3, 0.4) is 0 Å². The molecular formula is C12H23N3O3. The molecule has 0 unspecified atom stereocenters. The largest absolute Gasteiger partial charge is 0.450 e. The Balaban J connectivity index is 2.48. The lowest BCUT2D eigenvalue weighted by Gasteiger charge is -2.34. The minimum atomic E-state index is -0.521. The minimum Gasteiger partial charge on any atom is -0.450 e. The van der Waals surface area contributed by atoms with Crippen LogP contribution in [0.2, 0.25) is 0 Å². The van der Waals surface area contributed by atoms with Gasteiger partial charge in [-0.1, -0.05) is 6.92 Å². The number of alkyl carbamates (subject to hydrolysis) is 1. The molecule has 0 saturated carbocycles. The van der Waals surface area contributed by atoms with Crippen molar-refractivity contribution in [2.45, 2.75) is 26.3 Å². The number of carbonyl (C=O) groups excluding carboxylic acids is 2. The molecule has 1 aliphatic heterocycles. The first kappa shape index (κ1) is 14.8. The fourth-order valence-electron chi connectivity index (χ4n) is 1.90. The van der Waals surface area contributed by atoms with Crippen molar-refractivity contribution in [3.8, 4) is 0 Å². The molecule has 0 aromatic rings. The fraction of sp³-hybridized carbons (Fsp3) is 0.833. The van der Waals surface area contributed by atoms with Gasteiger partial charge in [0.15, 0.2) is 0 Å². The molecule has 0 bridgehead atoms. The van der Waals surface area contributed by atoms with Gasteiger partial charge in [0.05, 0.1) is 6.61 Å². The third-order valence-electron chi connectivity index (χ3n) is 3.09. The second-order valence-electron chi connectivity index (χ2n) is 4.45. The van der Waals surface area contributed by atoms with E-state index in [9.17, 15) is 9.59 Å². The number of nitrogens with zero attached hydrogens (tertiary/aromatic N) is 2. The van der Waals surface area contributed by atoms with Crippen molar-refractivity contribution in [2.24, 2.45) is 0 Å². The predicted octanol–water partition coefficient (Wildman–Crippen LogP) is 0.285. The highest BCUT2D eigenvalue weighted by molar-refractivity contribution is 5.85. The van der Waals surface area contributed by atoms with E-state index in [1.807, 2.05) is 14.0 Å². The van der Waals surface area contributed by atoms with Crippen molar-refractivity contribution in [1.82, 2.24) is 15.1 Å². The first-order chi connectivity index (χ1) is 8.58. The monoisotopic (exact) mass is 257 g/mol. The molecule has 1 rings (SSSR count). The fourth-order valence-corrected chi connectivity index (χ4v) is 1.90. The Kier molecular flexibility index (Phi) is 5.91. The number of carbonyl (C=O) groups is 2. The van der Waals surface area contributed by atoms with Crippen molar-refractivity contribution < 1.29 is 14.3 Å². The first-order valence-electron chi connectivity index (χ1n) is 6.49. The van der Waals surface area contributed by atoms with Crippen molar-refractivity contribution in [1.29, 1.82) is 0 Å². The first-order valence-corrected chi connectivity index (χ1v) is 6.49. The molecule has 6 nitrogen and oxygen atoms in total. The molecule has 1 fully saturated rings. The van der Waals surface area contributed by atoms with Crippen LogP contribution in [0.4, 0.5) is 4.79 Å². The van der Waals surface area contributed by atoms with Gasteiger partial charge in [-0.3, -0.25) is 4.79 Å². The zero-order valence-electron chi connectivity index (χ0n) is 11.4. The molecule has 1 aliphatic rings. The lowest BCUT2D eigenvalue weighted by molar-refractivity contribution is -0.135. The maximum atomic E-state index is 12.2. The molecule has 18 heavy (non-hydrogen) atoms.